The molecule has 3 nitrogen and oxygen atoms in total. The Morgan fingerprint density at radius 3 is 2.33 bits per heavy atom. The Bertz CT molecular complexity index is 1100. The Hall–Kier alpha value is -3.17. The molecule has 0 aromatic heterocycles. The molecule has 0 unspecified atom stereocenters. The minimum absolute atomic E-state index is 0.270. The zero-order valence-corrected chi connectivity index (χ0v) is 14.8. The first-order chi connectivity index (χ1) is 13.2. The highest BCUT2D eigenvalue weighted by molar-refractivity contribution is 5.85. The summed E-state index contributed by atoms with van der Waals surface area (Å²) in [5.74, 6) is -0.941. The Kier molecular flexibility index (Phi) is 4.86. The molecule has 4 aromatic rings. The summed E-state index contributed by atoms with van der Waals surface area (Å²) in [6.45, 7) is 0.270. The highest BCUT2D eigenvalue weighted by atomic mass is 16.5. The highest BCUT2D eigenvalue weighted by Crippen LogP contribution is 2.21. The van der Waals surface area contributed by atoms with Crippen LogP contribution in [0.25, 0.3) is 21.5 Å². The van der Waals surface area contributed by atoms with Gasteiger partial charge in [0, 0.05) is 6.42 Å². The smallest absolute Gasteiger partial charge is 0.333 e. The molecule has 0 spiro atoms. The van der Waals surface area contributed by atoms with Crippen molar-refractivity contribution >= 4 is 27.5 Å². The van der Waals surface area contributed by atoms with E-state index in [0.717, 1.165) is 32.7 Å². The molecule has 27 heavy (non-hydrogen) atoms. The van der Waals surface area contributed by atoms with E-state index < -0.39 is 12.1 Å². The summed E-state index contributed by atoms with van der Waals surface area (Å²) in [6.07, 6.45) is -0.546. The van der Waals surface area contributed by atoms with Crippen LogP contribution in [-0.4, -0.2) is 17.2 Å². The fourth-order valence-corrected chi connectivity index (χ4v) is 3.41. The van der Waals surface area contributed by atoms with E-state index in [0.29, 0.717) is 6.42 Å². The van der Waals surface area contributed by atoms with Gasteiger partial charge in [0.15, 0.2) is 6.10 Å². The third kappa shape index (κ3) is 3.83. The lowest BCUT2D eigenvalue weighted by atomic mass is 10.0. The van der Waals surface area contributed by atoms with Crippen molar-refractivity contribution in [3.8, 4) is 0 Å². The SMILES string of the molecule is O=C(O)[C@@H](Cc1ccc2ccccc2c1)OCc1cccc2ccccc12. The van der Waals surface area contributed by atoms with Crippen LogP contribution in [0.4, 0.5) is 0 Å². The number of aliphatic carboxylic acids is 1. The van der Waals surface area contributed by atoms with E-state index in [2.05, 4.69) is 0 Å². The second kappa shape index (κ2) is 7.60. The summed E-state index contributed by atoms with van der Waals surface area (Å²) in [5.41, 5.74) is 1.96. The van der Waals surface area contributed by atoms with Crippen LogP contribution < -0.4 is 0 Å². The van der Waals surface area contributed by atoms with Crippen LogP contribution in [0.5, 0.6) is 0 Å². The molecule has 0 aliphatic heterocycles. The Labute approximate surface area is 157 Å². The number of fused-ring (bicyclic) bond motifs is 2. The molecular formula is C24H20O3. The van der Waals surface area contributed by atoms with E-state index >= 15 is 0 Å². The Morgan fingerprint density at radius 2 is 1.52 bits per heavy atom. The topological polar surface area (TPSA) is 46.5 Å². The molecule has 0 bridgehead atoms. The van der Waals surface area contributed by atoms with Crippen LogP contribution in [-0.2, 0) is 22.6 Å². The molecule has 1 N–H and O–H groups in total. The fraction of sp³-hybridized carbons (Fsp3) is 0.125. The van der Waals surface area contributed by atoms with Crippen LogP contribution in [0.1, 0.15) is 11.1 Å². The molecule has 0 aliphatic carbocycles. The molecule has 134 valence electrons. The molecule has 0 saturated carbocycles. The molecule has 4 aromatic carbocycles. The van der Waals surface area contributed by atoms with Crippen molar-refractivity contribution in [3.05, 3.63) is 96.1 Å². The normalized spacial score (nSPS) is 12.3. The highest BCUT2D eigenvalue weighted by Gasteiger charge is 2.19. The largest absolute Gasteiger partial charge is 0.479 e. The summed E-state index contributed by atoms with van der Waals surface area (Å²) in [6, 6.07) is 28.1. The van der Waals surface area contributed by atoms with E-state index in [-0.39, 0.29) is 6.61 Å². The average Bonchev–Trinajstić information content (AvgIpc) is 2.70. The van der Waals surface area contributed by atoms with Crippen LogP contribution in [0.2, 0.25) is 0 Å². The summed E-state index contributed by atoms with van der Waals surface area (Å²) in [5, 5.41) is 14.1. The summed E-state index contributed by atoms with van der Waals surface area (Å²) >= 11 is 0. The Balaban J connectivity index is 1.53. The predicted molar refractivity (Wildman–Crippen MR) is 108 cm³/mol. The number of hydrogen-bond acceptors (Lipinski definition) is 2. The third-order valence-electron chi connectivity index (χ3n) is 4.83. The van der Waals surface area contributed by atoms with Crippen LogP contribution >= 0.6 is 0 Å². The van der Waals surface area contributed by atoms with Gasteiger partial charge in [-0.2, -0.15) is 0 Å². The zero-order valence-electron chi connectivity index (χ0n) is 14.8. The molecule has 1 atom stereocenters. The van der Waals surface area contributed by atoms with Crippen molar-refractivity contribution in [1.29, 1.82) is 0 Å². The van der Waals surface area contributed by atoms with Crippen molar-refractivity contribution in [2.75, 3.05) is 0 Å². The molecule has 0 heterocycles. The molecule has 0 fully saturated rings. The van der Waals surface area contributed by atoms with Crippen molar-refractivity contribution in [2.45, 2.75) is 19.1 Å². The number of rotatable bonds is 6. The van der Waals surface area contributed by atoms with Gasteiger partial charge in [0.2, 0.25) is 0 Å². The van der Waals surface area contributed by atoms with E-state index in [1.165, 1.54) is 0 Å². The average molecular weight is 356 g/mol. The summed E-state index contributed by atoms with van der Waals surface area (Å²) < 4.78 is 5.81. The standard InChI is InChI=1S/C24H20O3/c25-24(26)23(15-17-12-13-18-6-1-2-8-20(18)14-17)27-16-21-10-5-9-19-7-3-4-11-22(19)21/h1-14,23H,15-16H2,(H,25,26)/t23-/m1/s1. The number of carboxylic acids is 1. The van der Waals surface area contributed by atoms with Crippen molar-refractivity contribution in [3.63, 3.8) is 0 Å². The lowest BCUT2D eigenvalue weighted by molar-refractivity contribution is -0.151. The monoisotopic (exact) mass is 356 g/mol. The van der Waals surface area contributed by atoms with Gasteiger partial charge in [0.1, 0.15) is 0 Å². The molecular weight excluding hydrogens is 336 g/mol. The maximum Gasteiger partial charge on any atom is 0.333 e. The zero-order chi connectivity index (χ0) is 18.6. The van der Waals surface area contributed by atoms with Gasteiger partial charge in [-0.15, -0.1) is 0 Å². The number of carbonyl (C=O) groups is 1. The van der Waals surface area contributed by atoms with Gasteiger partial charge in [0.05, 0.1) is 6.61 Å². The summed E-state index contributed by atoms with van der Waals surface area (Å²) in [7, 11) is 0. The molecule has 0 radical (unpaired) electrons. The Morgan fingerprint density at radius 1 is 0.815 bits per heavy atom. The minimum Gasteiger partial charge on any atom is -0.479 e. The predicted octanol–water partition coefficient (Wildman–Crippen LogP) is 5.21. The first-order valence-corrected chi connectivity index (χ1v) is 8.99. The number of carboxylic acid groups (broad SMARTS) is 1. The molecule has 3 heteroatoms. The maximum absolute atomic E-state index is 11.7. The lowest BCUT2D eigenvalue weighted by Crippen LogP contribution is -2.26. The first-order valence-electron chi connectivity index (χ1n) is 8.99. The van der Waals surface area contributed by atoms with Crippen LogP contribution in [0.15, 0.2) is 84.9 Å². The van der Waals surface area contributed by atoms with Gasteiger partial charge in [-0.25, -0.2) is 4.79 Å². The van der Waals surface area contributed by atoms with Gasteiger partial charge < -0.3 is 9.84 Å². The van der Waals surface area contributed by atoms with E-state index in [9.17, 15) is 9.90 Å². The lowest BCUT2D eigenvalue weighted by Gasteiger charge is -2.15. The van der Waals surface area contributed by atoms with Gasteiger partial charge in [-0.1, -0.05) is 84.9 Å². The van der Waals surface area contributed by atoms with Crippen molar-refractivity contribution in [1.82, 2.24) is 0 Å². The van der Waals surface area contributed by atoms with Crippen LogP contribution in [0.3, 0.4) is 0 Å². The second-order valence-electron chi connectivity index (χ2n) is 6.66. The van der Waals surface area contributed by atoms with E-state index in [1.807, 2.05) is 84.9 Å². The third-order valence-corrected chi connectivity index (χ3v) is 4.83. The molecule has 0 aliphatic rings. The van der Waals surface area contributed by atoms with Crippen molar-refractivity contribution in [2.24, 2.45) is 0 Å². The minimum atomic E-state index is -0.941. The quantitative estimate of drug-likeness (QED) is 0.516. The van der Waals surface area contributed by atoms with Crippen LogP contribution in [0, 0.1) is 0 Å². The maximum atomic E-state index is 11.7. The number of benzene rings is 4. The van der Waals surface area contributed by atoms with Gasteiger partial charge >= 0.3 is 5.97 Å². The van der Waals surface area contributed by atoms with Gasteiger partial charge in [0.25, 0.3) is 0 Å². The van der Waals surface area contributed by atoms with E-state index in [1.54, 1.807) is 0 Å². The fourth-order valence-electron chi connectivity index (χ4n) is 3.41. The molecule has 0 saturated heterocycles. The molecule has 4 rings (SSSR count). The second-order valence-corrected chi connectivity index (χ2v) is 6.66. The van der Waals surface area contributed by atoms with Gasteiger partial charge in [-0.3, -0.25) is 0 Å². The van der Waals surface area contributed by atoms with E-state index in [4.69, 9.17) is 4.74 Å². The molecule has 0 amide bonds. The van der Waals surface area contributed by atoms with Gasteiger partial charge in [-0.05, 0) is 32.7 Å². The first kappa shape index (κ1) is 17.3. The number of hydrogen-bond donors (Lipinski definition) is 1. The number of ether oxygens (including phenoxy) is 1. The summed E-state index contributed by atoms with van der Waals surface area (Å²) in [4.78, 5) is 11.7. The van der Waals surface area contributed by atoms with Crippen molar-refractivity contribution < 1.29 is 14.6 Å².